The first-order valence-corrected chi connectivity index (χ1v) is 10.7. The summed E-state index contributed by atoms with van der Waals surface area (Å²) >= 11 is 6.72. The van der Waals surface area contributed by atoms with E-state index in [-0.39, 0.29) is 5.82 Å². The predicted octanol–water partition coefficient (Wildman–Crippen LogP) is 3.99. The van der Waals surface area contributed by atoms with E-state index in [0.29, 0.717) is 43.9 Å². The highest BCUT2D eigenvalue weighted by molar-refractivity contribution is 9.10. The van der Waals surface area contributed by atoms with Gasteiger partial charge in [-0.15, -0.1) is 0 Å². The molecule has 2 aliphatic rings. The van der Waals surface area contributed by atoms with E-state index < -0.39 is 0 Å². The first-order chi connectivity index (χ1) is 14.1. The topological polar surface area (TPSA) is 67.2 Å². The molecule has 0 unspecified atom stereocenters. The number of nitrogens with one attached hydrogen (secondary N) is 2. The van der Waals surface area contributed by atoms with Crippen LogP contribution in [-0.4, -0.2) is 38.3 Å². The molecule has 2 aliphatic heterocycles. The third-order valence-electron chi connectivity index (χ3n) is 3.94. The van der Waals surface area contributed by atoms with Gasteiger partial charge >= 0.3 is 0 Å². The standard InChI is InChI=1S/C10H10BrFN2O.C10H11BrN2O/c11-8-1-2-9(12)7(5-8)6-14-10-13-3-4-15-10;11-9-3-1-2-8(6-9)7-13-10-12-4-5-14-10/h1-2,5H,3-4,6H2,(H,13,14);1-3,6H,4-5,7H2,(H,12,13). The Balaban J connectivity index is 0.000000166. The number of rotatable bonds is 4. The van der Waals surface area contributed by atoms with Crippen molar-refractivity contribution in [2.75, 3.05) is 26.3 Å². The number of hydrogen-bond donors (Lipinski definition) is 2. The molecule has 29 heavy (non-hydrogen) atoms. The lowest BCUT2D eigenvalue weighted by molar-refractivity contribution is 0.331. The van der Waals surface area contributed by atoms with E-state index in [9.17, 15) is 4.39 Å². The molecular formula is C20H21Br2FN4O2. The van der Waals surface area contributed by atoms with Crippen molar-refractivity contribution < 1.29 is 13.9 Å². The molecule has 0 amide bonds. The minimum absolute atomic E-state index is 0.232. The molecule has 9 heteroatoms. The second-order valence-electron chi connectivity index (χ2n) is 6.14. The van der Waals surface area contributed by atoms with Gasteiger partial charge in [0.1, 0.15) is 19.0 Å². The van der Waals surface area contributed by atoms with Crippen molar-refractivity contribution in [2.24, 2.45) is 9.98 Å². The van der Waals surface area contributed by atoms with E-state index in [2.05, 4.69) is 64.6 Å². The highest BCUT2D eigenvalue weighted by Crippen LogP contribution is 2.15. The molecular weight excluding hydrogens is 507 g/mol. The molecule has 2 N–H and O–H groups in total. The minimum Gasteiger partial charge on any atom is -0.463 e. The Kier molecular flexibility index (Phi) is 8.30. The summed E-state index contributed by atoms with van der Waals surface area (Å²) in [6, 6.07) is 14.1. The number of nitrogens with zero attached hydrogens (tertiary/aromatic N) is 2. The van der Waals surface area contributed by atoms with Crippen LogP contribution in [0.5, 0.6) is 0 Å². The van der Waals surface area contributed by atoms with Crippen LogP contribution < -0.4 is 10.6 Å². The molecule has 154 valence electrons. The van der Waals surface area contributed by atoms with Crippen LogP contribution in [0.4, 0.5) is 4.39 Å². The molecule has 0 saturated heterocycles. The summed E-state index contributed by atoms with van der Waals surface area (Å²) in [5.74, 6) is -0.232. The fourth-order valence-electron chi connectivity index (χ4n) is 2.56. The van der Waals surface area contributed by atoms with Gasteiger partial charge in [0.05, 0.1) is 13.1 Å². The van der Waals surface area contributed by atoms with Gasteiger partial charge in [-0.3, -0.25) is 0 Å². The number of hydrogen-bond acceptors (Lipinski definition) is 6. The van der Waals surface area contributed by atoms with Gasteiger partial charge in [0.25, 0.3) is 12.0 Å². The molecule has 0 aromatic heterocycles. The second kappa shape index (κ2) is 11.2. The first-order valence-electron chi connectivity index (χ1n) is 9.11. The van der Waals surface area contributed by atoms with E-state index in [0.717, 1.165) is 22.0 Å². The largest absolute Gasteiger partial charge is 0.463 e. The molecule has 4 rings (SSSR count). The first kappa shape index (κ1) is 21.6. The monoisotopic (exact) mass is 526 g/mol. The third kappa shape index (κ3) is 7.32. The van der Waals surface area contributed by atoms with Crippen LogP contribution in [0.2, 0.25) is 0 Å². The van der Waals surface area contributed by atoms with Gasteiger partial charge in [0, 0.05) is 27.6 Å². The fourth-order valence-corrected chi connectivity index (χ4v) is 3.41. The summed E-state index contributed by atoms with van der Waals surface area (Å²) in [6.07, 6.45) is 0. The average Bonchev–Trinajstić information content (AvgIpc) is 3.42. The van der Waals surface area contributed by atoms with Crippen LogP contribution in [0.25, 0.3) is 0 Å². The van der Waals surface area contributed by atoms with Gasteiger partial charge in [-0.05, 0) is 35.9 Å². The Morgan fingerprint density at radius 2 is 1.52 bits per heavy atom. The number of ether oxygens (including phenoxy) is 2. The van der Waals surface area contributed by atoms with Crippen molar-refractivity contribution in [1.82, 2.24) is 10.6 Å². The van der Waals surface area contributed by atoms with Crippen molar-refractivity contribution >= 4 is 43.9 Å². The van der Waals surface area contributed by atoms with Gasteiger partial charge in [-0.1, -0.05) is 44.0 Å². The molecule has 0 spiro atoms. The summed E-state index contributed by atoms with van der Waals surface area (Å²) in [6.45, 7) is 3.86. The molecule has 2 aromatic carbocycles. The van der Waals surface area contributed by atoms with Crippen LogP contribution in [0, 0.1) is 5.82 Å². The van der Waals surface area contributed by atoms with Gasteiger partial charge in [-0.25, -0.2) is 14.4 Å². The molecule has 0 aliphatic carbocycles. The van der Waals surface area contributed by atoms with Crippen LogP contribution in [0.3, 0.4) is 0 Å². The molecule has 0 fully saturated rings. The Morgan fingerprint density at radius 1 is 0.862 bits per heavy atom. The van der Waals surface area contributed by atoms with Crippen molar-refractivity contribution in [3.8, 4) is 0 Å². The Hall–Kier alpha value is -2.13. The fraction of sp³-hybridized carbons (Fsp3) is 0.300. The summed E-state index contributed by atoms with van der Waals surface area (Å²) in [5, 5.41) is 6.06. The lowest BCUT2D eigenvalue weighted by Gasteiger charge is -2.06. The van der Waals surface area contributed by atoms with Crippen LogP contribution in [0.15, 0.2) is 61.4 Å². The van der Waals surface area contributed by atoms with Crippen LogP contribution in [0.1, 0.15) is 11.1 Å². The zero-order chi connectivity index (χ0) is 20.5. The van der Waals surface area contributed by atoms with E-state index in [1.807, 2.05) is 12.1 Å². The van der Waals surface area contributed by atoms with E-state index in [1.165, 1.54) is 11.6 Å². The maximum Gasteiger partial charge on any atom is 0.285 e. The molecule has 0 atom stereocenters. The Bertz CT molecular complexity index is 893. The maximum atomic E-state index is 13.3. The normalized spacial score (nSPS) is 14.7. The highest BCUT2D eigenvalue weighted by atomic mass is 79.9. The van der Waals surface area contributed by atoms with Crippen molar-refractivity contribution in [2.45, 2.75) is 13.1 Å². The lowest BCUT2D eigenvalue weighted by Crippen LogP contribution is -2.23. The number of amidine groups is 2. The summed E-state index contributed by atoms with van der Waals surface area (Å²) < 4.78 is 25.6. The Morgan fingerprint density at radius 3 is 2.14 bits per heavy atom. The van der Waals surface area contributed by atoms with Gasteiger partial charge < -0.3 is 20.1 Å². The lowest BCUT2D eigenvalue weighted by atomic mass is 10.2. The summed E-state index contributed by atoms with van der Waals surface area (Å²) in [5.41, 5.74) is 1.79. The van der Waals surface area contributed by atoms with Crippen molar-refractivity contribution in [3.63, 3.8) is 0 Å². The quantitative estimate of drug-likeness (QED) is 0.631. The third-order valence-corrected chi connectivity index (χ3v) is 4.93. The zero-order valence-corrected chi connectivity index (χ0v) is 18.8. The number of aliphatic imine (C=N–C) groups is 2. The van der Waals surface area contributed by atoms with Crippen molar-refractivity contribution in [1.29, 1.82) is 0 Å². The maximum absolute atomic E-state index is 13.3. The van der Waals surface area contributed by atoms with Crippen molar-refractivity contribution in [3.05, 3.63) is 68.4 Å². The molecule has 0 bridgehead atoms. The average molecular weight is 528 g/mol. The van der Waals surface area contributed by atoms with Gasteiger partial charge in [0.2, 0.25) is 0 Å². The molecule has 2 heterocycles. The van der Waals surface area contributed by atoms with Crippen LogP contribution >= 0.6 is 31.9 Å². The Labute approximate surface area is 185 Å². The molecule has 6 nitrogen and oxygen atoms in total. The predicted molar refractivity (Wildman–Crippen MR) is 118 cm³/mol. The van der Waals surface area contributed by atoms with E-state index >= 15 is 0 Å². The number of benzene rings is 2. The summed E-state index contributed by atoms with van der Waals surface area (Å²) in [7, 11) is 0. The zero-order valence-electron chi connectivity index (χ0n) is 15.6. The minimum atomic E-state index is -0.232. The SMILES string of the molecule is Brc1cccc(CNC2=NCCO2)c1.Fc1ccc(Br)cc1CNC1=NCCO1. The number of halogens is 3. The summed E-state index contributed by atoms with van der Waals surface area (Å²) in [4.78, 5) is 8.20. The van der Waals surface area contributed by atoms with E-state index in [1.54, 1.807) is 12.1 Å². The van der Waals surface area contributed by atoms with Gasteiger partial charge in [-0.2, -0.15) is 0 Å². The van der Waals surface area contributed by atoms with E-state index in [4.69, 9.17) is 9.47 Å². The van der Waals surface area contributed by atoms with Gasteiger partial charge in [0.15, 0.2) is 0 Å². The molecule has 2 aromatic rings. The highest BCUT2D eigenvalue weighted by Gasteiger charge is 2.08. The second-order valence-corrected chi connectivity index (χ2v) is 7.97. The molecule has 0 radical (unpaired) electrons. The molecule has 0 saturated carbocycles. The smallest absolute Gasteiger partial charge is 0.285 e. The van der Waals surface area contributed by atoms with Crippen LogP contribution in [-0.2, 0) is 22.6 Å².